The van der Waals surface area contributed by atoms with E-state index >= 15 is 0 Å². The molecule has 0 fully saturated rings. The minimum absolute atomic E-state index is 0.218. The van der Waals surface area contributed by atoms with Crippen molar-refractivity contribution < 1.29 is 9.53 Å². The quantitative estimate of drug-likeness (QED) is 0.357. The number of hydrogen-bond acceptors (Lipinski definition) is 2. The fourth-order valence-corrected chi connectivity index (χ4v) is 0.515. The number of esters is 1. The average Bonchev–Trinajstić information content (AvgIpc) is 1.35. The van der Waals surface area contributed by atoms with Crippen LogP contribution in [0.15, 0.2) is 0 Å². The van der Waals surface area contributed by atoms with Gasteiger partial charge in [0.2, 0.25) is 0 Å². The summed E-state index contributed by atoms with van der Waals surface area (Å²) in [5.74, 6) is -0.218. The van der Waals surface area contributed by atoms with Gasteiger partial charge in [0.05, 0.1) is 0 Å². The molecule has 0 unspecified atom stereocenters. The van der Waals surface area contributed by atoms with Crippen LogP contribution in [0.3, 0.4) is 0 Å². The van der Waals surface area contributed by atoms with Crippen LogP contribution in [0.5, 0.6) is 0 Å². The lowest BCUT2D eigenvalue weighted by Gasteiger charge is -1.88. The van der Waals surface area contributed by atoms with Gasteiger partial charge in [0, 0.05) is 6.92 Å². The summed E-state index contributed by atoms with van der Waals surface area (Å²) in [6, 6.07) is 0. The van der Waals surface area contributed by atoms with Crippen LogP contribution in [0, 0.1) is 0 Å². The highest BCUT2D eigenvalue weighted by molar-refractivity contribution is 14.1. The molecule has 0 rings (SSSR count). The van der Waals surface area contributed by atoms with E-state index in [2.05, 4.69) is 4.74 Å². The molecule has 36 valence electrons. The summed E-state index contributed by atoms with van der Waals surface area (Å²) in [6.07, 6.45) is 0. The van der Waals surface area contributed by atoms with E-state index in [0.29, 0.717) is 4.61 Å². The van der Waals surface area contributed by atoms with Gasteiger partial charge in [-0.05, 0) is 22.6 Å². The smallest absolute Gasteiger partial charge is 0.303 e. The highest BCUT2D eigenvalue weighted by Crippen LogP contribution is 1.81. The van der Waals surface area contributed by atoms with Gasteiger partial charge in [-0.15, -0.1) is 0 Å². The van der Waals surface area contributed by atoms with E-state index in [1.807, 2.05) is 22.6 Å². The first-order chi connectivity index (χ1) is 2.77. The van der Waals surface area contributed by atoms with Crippen LogP contribution in [0.25, 0.3) is 0 Å². The van der Waals surface area contributed by atoms with Gasteiger partial charge in [0.1, 0.15) is 4.61 Å². The van der Waals surface area contributed by atoms with Crippen molar-refractivity contribution in [2.45, 2.75) is 6.92 Å². The molecule has 0 radical (unpaired) electrons. The number of ether oxygens (including phenoxy) is 1. The van der Waals surface area contributed by atoms with E-state index in [4.69, 9.17) is 0 Å². The van der Waals surface area contributed by atoms with Gasteiger partial charge in [0.15, 0.2) is 0 Å². The minimum atomic E-state index is -0.218. The summed E-state index contributed by atoms with van der Waals surface area (Å²) in [5, 5.41) is 0. The average molecular weight is 200 g/mol. The molecular weight excluding hydrogens is 195 g/mol. The van der Waals surface area contributed by atoms with Crippen molar-refractivity contribution in [3.05, 3.63) is 0 Å². The number of alkyl halides is 1. The van der Waals surface area contributed by atoms with Crippen molar-refractivity contribution in [1.29, 1.82) is 0 Å². The van der Waals surface area contributed by atoms with Crippen LogP contribution in [0.2, 0.25) is 0 Å². The SMILES string of the molecule is CC(=O)OCI. The first kappa shape index (κ1) is 6.20. The lowest BCUT2D eigenvalue weighted by atomic mass is 10.8. The molecule has 2 nitrogen and oxygen atoms in total. The maximum absolute atomic E-state index is 9.82. The number of carbonyl (C=O) groups excluding carboxylic acids is 1. The number of hydrogen-bond donors (Lipinski definition) is 0. The van der Waals surface area contributed by atoms with Crippen LogP contribution in [0.4, 0.5) is 0 Å². The van der Waals surface area contributed by atoms with Crippen molar-refractivity contribution in [2.24, 2.45) is 0 Å². The Bertz CT molecular complexity index is 52.8. The molecule has 0 saturated heterocycles. The Morgan fingerprint density at radius 2 is 2.50 bits per heavy atom. The normalized spacial score (nSPS) is 7.67. The fourth-order valence-electron chi connectivity index (χ4n) is 0.0768. The van der Waals surface area contributed by atoms with Gasteiger partial charge >= 0.3 is 5.97 Å². The Hall–Kier alpha value is 0.200. The summed E-state index contributed by atoms with van der Waals surface area (Å²) < 4.78 is 4.84. The maximum atomic E-state index is 9.82. The van der Waals surface area contributed by atoms with Crippen molar-refractivity contribution in [2.75, 3.05) is 4.61 Å². The molecule has 0 saturated carbocycles. The molecule has 6 heavy (non-hydrogen) atoms. The zero-order chi connectivity index (χ0) is 4.99. The standard InChI is InChI=1S/C3H5IO2/c1-3(5)6-2-4/h2H2,1H3. The van der Waals surface area contributed by atoms with E-state index in [1.54, 1.807) is 0 Å². The zero-order valence-corrected chi connectivity index (χ0v) is 5.56. The highest BCUT2D eigenvalue weighted by Gasteiger charge is 1.82. The van der Waals surface area contributed by atoms with Crippen LogP contribution < -0.4 is 0 Å². The molecule has 0 aromatic rings. The van der Waals surface area contributed by atoms with Crippen LogP contribution in [-0.4, -0.2) is 10.6 Å². The van der Waals surface area contributed by atoms with Gasteiger partial charge in [-0.1, -0.05) is 0 Å². The predicted molar refractivity (Wildman–Crippen MR) is 30.7 cm³/mol. The summed E-state index contributed by atoms with van der Waals surface area (Å²) in [5.41, 5.74) is 0. The Morgan fingerprint density at radius 1 is 2.00 bits per heavy atom. The largest absolute Gasteiger partial charge is 0.455 e. The highest BCUT2D eigenvalue weighted by atomic mass is 127. The van der Waals surface area contributed by atoms with E-state index in [-0.39, 0.29) is 5.97 Å². The van der Waals surface area contributed by atoms with Crippen molar-refractivity contribution >= 4 is 28.6 Å². The zero-order valence-electron chi connectivity index (χ0n) is 3.40. The van der Waals surface area contributed by atoms with Gasteiger partial charge < -0.3 is 4.74 Å². The monoisotopic (exact) mass is 200 g/mol. The Kier molecular flexibility index (Phi) is 3.51. The van der Waals surface area contributed by atoms with E-state index < -0.39 is 0 Å². The molecule has 0 aromatic carbocycles. The topological polar surface area (TPSA) is 26.3 Å². The van der Waals surface area contributed by atoms with Crippen molar-refractivity contribution in [3.8, 4) is 0 Å². The first-order valence-electron chi connectivity index (χ1n) is 1.46. The Labute approximate surface area is 50.0 Å². The number of halogens is 1. The molecule has 0 bridgehead atoms. The Balaban J connectivity index is 2.83. The third kappa shape index (κ3) is 4.20. The van der Waals surface area contributed by atoms with Crippen molar-refractivity contribution in [1.82, 2.24) is 0 Å². The molecule has 0 atom stereocenters. The van der Waals surface area contributed by atoms with E-state index in [0.717, 1.165) is 0 Å². The first-order valence-corrected chi connectivity index (χ1v) is 2.99. The van der Waals surface area contributed by atoms with E-state index in [1.165, 1.54) is 6.92 Å². The second-order valence-electron chi connectivity index (χ2n) is 0.745. The molecule has 0 aliphatic rings. The van der Waals surface area contributed by atoms with Crippen LogP contribution in [-0.2, 0) is 9.53 Å². The summed E-state index contributed by atoms with van der Waals surface area (Å²) >= 11 is 1.96. The lowest BCUT2D eigenvalue weighted by Crippen LogP contribution is -1.93. The Morgan fingerprint density at radius 3 is 2.50 bits per heavy atom. The molecular formula is C3H5IO2. The van der Waals surface area contributed by atoms with Gasteiger partial charge in [-0.25, -0.2) is 0 Å². The lowest BCUT2D eigenvalue weighted by molar-refractivity contribution is -0.138. The molecule has 0 aliphatic heterocycles. The third-order valence-electron chi connectivity index (χ3n) is 0.258. The van der Waals surface area contributed by atoms with Crippen LogP contribution in [0.1, 0.15) is 6.92 Å². The fraction of sp³-hybridized carbons (Fsp3) is 0.667. The molecule has 0 aliphatic carbocycles. The second kappa shape index (κ2) is 3.39. The molecule has 0 amide bonds. The molecule has 3 heteroatoms. The summed E-state index contributed by atoms with van der Waals surface area (Å²) in [7, 11) is 0. The second-order valence-corrected chi connectivity index (χ2v) is 1.37. The number of rotatable bonds is 1. The van der Waals surface area contributed by atoms with Gasteiger partial charge in [-0.2, -0.15) is 0 Å². The predicted octanol–water partition coefficient (Wildman–Crippen LogP) is 0.942. The number of carbonyl (C=O) groups is 1. The maximum Gasteiger partial charge on any atom is 0.303 e. The molecule has 0 heterocycles. The summed E-state index contributed by atoms with van der Waals surface area (Å²) in [4.78, 5) is 9.82. The molecule has 0 aromatic heterocycles. The summed E-state index contributed by atoms with van der Waals surface area (Å²) in [6.45, 7) is 1.39. The molecule has 0 spiro atoms. The minimum Gasteiger partial charge on any atom is -0.455 e. The van der Waals surface area contributed by atoms with Gasteiger partial charge in [-0.3, -0.25) is 4.79 Å². The van der Waals surface area contributed by atoms with Crippen molar-refractivity contribution in [3.63, 3.8) is 0 Å². The van der Waals surface area contributed by atoms with Gasteiger partial charge in [0.25, 0.3) is 0 Å². The molecule has 0 N–H and O–H groups in total. The van der Waals surface area contributed by atoms with E-state index in [9.17, 15) is 4.79 Å². The van der Waals surface area contributed by atoms with Crippen LogP contribution >= 0.6 is 22.6 Å². The third-order valence-corrected chi connectivity index (χ3v) is 0.569.